The predicted molar refractivity (Wildman–Crippen MR) is 83.7 cm³/mol. The smallest absolute Gasteiger partial charge is 0.223 e. The molecular formula is C17H21N3O. The van der Waals surface area contributed by atoms with Gasteiger partial charge in [-0.3, -0.25) is 9.78 Å². The Kier molecular flexibility index (Phi) is 3.88. The first-order valence-electron chi connectivity index (χ1n) is 7.60. The van der Waals surface area contributed by atoms with E-state index in [0.29, 0.717) is 13.0 Å². The molecule has 4 heteroatoms. The Morgan fingerprint density at radius 2 is 2.14 bits per heavy atom. The first kappa shape index (κ1) is 14.0. The van der Waals surface area contributed by atoms with Crippen LogP contribution >= 0.6 is 0 Å². The van der Waals surface area contributed by atoms with E-state index in [1.54, 1.807) is 0 Å². The molecule has 1 aromatic carbocycles. The molecule has 2 unspecified atom stereocenters. The van der Waals surface area contributed by atoms with Gasteiger partial charge < -0.3 is 10.6 Å². The van der Waals surface area contributed by atoms with E-state index in [-0.39, 0.29) is 18.0 Å². The molecule has 1 aromatic heterocycles. The van der Waals surface area contributed by atoms with Crippen LogP contribution in [0.3, 0.4) is 0 Å². The summed E-state index contributed by atoms with van der Waals surface area (Å²) in [7, 11) is 0. The Bertz CT molecular complexity index is 650. The minimum atomic E-state index is -0.0800. The molecule has 0 bridgehead atoms. The molecule has 1 aliphatic rings. The van der Waals surface area contributed by atoms with Gasteiger partial charge in [-0.05, 0) is 25.2 Å². The zero-order valence-corrected chi connectivity index (χ0v) is 12.3. The lowest BCUT2D eigenvalue weighted by atomic mass is 9.94. The molecule has 2 heterocycles. The Balaban J connectivity index is 2.15. The number of aromatic nitrogens is 1. The van der Waals surface area contributed by atoms with E-state index in [2.05, 4.69) is 11.1 Å². The highest BCUT2D eigenvalue weighted by molar-refractivity contribution is 5.86. The van der Waals surface area contributed by atoms with Crippen LogP contribution in [0.5, 0.6) is 0 Å². The largest absolute Gasteiger partial charge is 0.334 e. The van der Waals surface area contributed by atoms with Gasteiger partial charge in [0.15, 0.2) is 0 Å². The van der Waals surface area contributed by atoms with Gasteiger partial charge in [0.25, 0.3) is 0 Å². The van der Waals surface area contributed by atoms with E-state index in [1.807, 2.05) is 42.4 Å². The fourth-order valence-electron chi connectivity index (χ4n) is 3.32. The summed E-state index contributed by atoms with van der Waals surface area (Å²) in [6, 6.07) is 8.04. The molecule has 1 saturated heterocycles. The maximum Gasteiger partial charge on any atom is 0.223 e. The van der Waals surface area contributed by atoms with E-state index in [9.17, 15) is 4.79 Å². The van der Waals surface area contributed by atoms with Crippen LogP contribution in [0.4, 0.5) is 0 Å². The molecule has 0 saturated carbocycles. The molecule has 0 aliphatic carbocycles. The molecule has 1 fully saturated rings. The SMILES string of the molecule is CCN1C(=O)CCCC(N)C1c1cncc2ccccc12. The fourth-order valence-corrected chi connectivity index (χ4v) is 3.32. The number of nitrogens with two attached hydrogens (primary N) is 1. The summed E-state index contributed by atoms with van der Waals surface area (Å²) < 4.78 is 0. The lowest BCUT2D eigenvalue weighted by molar-refractivity contribution is -0.133. The number of carbonyl (C=O) groups is 1. The molecule has 110 valence electrons. The average Bonchev–Trinajstić information content (AvgIpc) is 2.65. The number of fused-ring (bicyclic) bond motifs is 1. The molecule has 0 spiro atoms. The van der Waals surface area contributed by atoms with Gasteiger partial charge >= 0.3 is 0 Å². The topological polar surface area (TPSA) is 59.2 Å². The third-order valence-corrected chi connectivity index (χ3v) is 4.35. The average molecular weight is 283 g/mol. The number of nitrogens with zero attached hydrogens (tertiary/aromatic N) is 2. The second-order valence-electron chi connectivity index (χ2n) is 5.63. The lowest BCUT2D eigenvalue weighted by Gasteiger charge is -2.33. The van der Waals surface area contributed by atoms with Crippen LogP contribution in [0.25, 0.3) is 10.8 Å². The summed E-state index contributed by atoms with van der Waals surface area (Å²) in [4.78, 5) is 18.6. The van der Waals surface area contributed by atoms with Crippen LogP contribution in [-0.4, -0.2) is 28.4 Å². The maximum absolute atomic E-state index is 12.4. The minimum Gasteiger partial charge on any atom is -0.334 e. The summed E-state index contributed by atoms with van der Waals surface area (Å²) in [5.41, 5.74) is 7.48. The predicted octanol–water partition coefficient (Wildman–Crippen LogP) is 2.64. The first-order valence-corrected chi connectivity index (χ1v) is 7.60. The van der Waals surface area contributed by atoms with Crippen LogP contribution in [0, 0.1) is 0 Å². The molecule has 21 heavy (non-hydrogen) atoms. The van der Waals surface area contributed by atoms with Gasteiger partial charge in [0.05, 0.1) is 6.04 Å². The number of carbonyl (C=O) groups excluding carboxylic acids is 1. The maximum atomic E-state index is 12.4. The Labute approximate surface area is 125 Å². The van der Waals surface area contributed by atoms with Crippen molar-refractivity contribution in [2.24, 2.45) is 5.73 Å². The second-order valence-corrected chi connectivity index (χ2v) is 5.63. The summed E-state index contributed by atoms with van der Waals surface area (Å²) in [5, 5.41) is 2.23. The van der Waals surface area contributed by atoms with Crippen molar-refractivity contribution >= 4 is 16.7 Å². The van der Waals surface area contributed by atoms with Gasteiger partial charge in [0.2, 0.25) is 5.91 Å². The van der Waals surface area contributed by atoms with Crippen molar-refractivity contribution < 1.29 is 4.79 Å². The van der Waals surface area contributed by atoms with Crippen molar-refractivity contribution in [2.45, 2.75) is 38.3 Å². The summed E-state index contributed by atoms with van der Waals surface area (Å²) in [6.07, 6.45) is 6.06. The number of amides is 1. The van der Waals surface area contributed by atoms with Gasteiger partial charge in [0.1, 0.15) is 0 Å². The number of likely N-dealkylation sites (N-methyl/N-ethyl adjacent to an activating group) is 1. The molecule has 1 amide bonds. The number of benzene rings is 1. The molecule has 2 aromatic rings. The van der Waals surface area contributed by atoms with Crippen LogP contribution in [0.15, 0.2) is 36.7 Å². The van der Waals surface area contributed by atoms with Gasteiger partial charge in [-0.1, -0.05) is 24.3 Å². The quantitative estimate of drug-likeness (QED) is 0.921. The number of likely N-dealkylation sites (tertiary alicyclic amines) is 1. The zero-order chi connectivity index (χ0) is 14.8. The molecule has 3 rings (SSSR count). The molecule has 1 aliphatic heterocycles. The van der Waals surface area contributed by atoms with Gasteiger partial charge in [-0.2, -0.15) is 0 Å². The van der Waals surface area contributed by atoms with E-state index in [0.717, 1.165) is 29.2 Å². The fraction of sp³-hybridized carbons (Fsp3) is 0.412. The van der Waals surface area contributed by atoms with Gasteiger partial charge in [-0.15, -0.1) is 0 Å². The number of hydrogen-bond acceptors (Lipinski definition) is 3. The van der Waals surface area contributed by atoms with Crippen molar-refractivity contribution in [3.8, 4) is 0 Å². The molecule has 4 nitrogen and oxygen atoms in total. The Hall–Kier alpha value is -1.94. The third kappa shape index (κ3) is 2.51. The number of rotatable bonds is 2. The van der Waals surface area contributed by atoms with Crippen molar-refractivity contribution in [3.05, 3.63) is 42.2 Å². The van der Waals surface area contributed by atoms with Crippen LogP contribution < -0.4 is 5.73 Å². The normalized spacial score (nSPS) is 23.3. The van der Waals surface area contributed by atoms with E-state index in [1.165, 1.54) is 0 Å². The highest BCUT2D eigenvalue weighted by atomic mass is 16.2. The van der Waals surface area contributed by atoms with Crippen LogP contribution in [-0.2, 0) is 4.79 Å². The molecule has 2 N–H and O–H groups in total. The van der Waals surface area contributed by atoms with E-state index in [4.69, 9.17) is 5.73 Å². The number of pyridine rings is 1. The Morgan fingerprint density at radius 3 is 2.95 bits per heavy atom. The van der Waals surface area contributed by atoms with E-state index >= 15 is 0 Å². The van der Waals surface area contributed by atoms with Crippen molar-refractivity contribution in [2.75, 3.05) is 6.54 Å². The molecule has 2 atom stereocenters. The molecular weight excluding hydrogens is 262 g/mol. The lowest BCUT2D eigenvalue weighted by Crippen LogP contribution is -2.42. The van der Waals surface area contributed by atoms with Crippen molar-refractivity contribution in [3.63, 3.8) is 0 Å². The summed E-state index contributed by atoms with van der Waals surface area (Å²) in [6.45, 7) is 2.70. The number of hydrogen-bond donors (Lipinski definition) is 1. The van der Waals surface area contributed by atoms with Crippen molar-refractivity contribution in [1.82, 2.24) is 9.88 Å². The summed E-state index contributed by atoms with van der Waals surface area (Å²) >= 11 is 0. The zero-order valence-electron chi connectivity index (χ0n) is 12.3. The first-order chi connectivity index (χ1) is 10.2. The van der Waals surface area contributed by atoms with Gasteiger partial charge in [-0.25, -0.2) is 0 Å². The van der Waals surface area contributed by atoms with E-state index < -0.39 is 0 Å². The standard InChI is InChI=1S/C17H21N3O/c1-2-20-16(21)9-5-8-15(18)17(20)14-11-19-10-12-6-3-4-7-13(12)14/h3-4,6-7,10-11,15,17H,2,5,8-9,18H2,1H3. The second kappa shape index (κ2) is 5.82. The van der Waals surface area contributed by atoms with Gasteiger partial charge in [0, 0.05) is 42.4 Å². The van der Waals surface area contributed by atoms with Crippen LogP contribution in [0.2, 0.25) is 0 Å². The monoisotopic (exact) mass is 283 g/mol. The Morgan fingerprint density at radius 1 is 1.33 bits per heavy atom. The highest BCUT2D eigenvalue weighted by Crippen LogP contribution is 2.33. The summed E-state index contributed by atoms with van der Waals surface area (Å²) in [5.74, 6) is 0.198. The third-order valence-electron chi connectivity index (χ3n) is 4.35. The minimum absolute atomic E-state index is 0.0380. The van der Waals surface area contributed by atoms with Crippen LogP contribution in [0.1, 0.15) is 37.8 Å². The molecule has 0 radical (unpaired) electrons. The van der Waals surface area contributed by atoms with Crippen molar-refractivity contribution in [1.29, 1.82) is 0 Å². The highest BCUT2D eigenvalue weighted by Gasteiger charge is 2.32.